The molecule has 0 bridgehead atoms. The van der Waals surface area contributed by atoms with Gasteiger partial charge in [0.05, 0.1) is 19.9 Å². The fourth-order valence-corrected chi connectivity index (χ4v) is 2.27. The SMILES string of the molecule is COc1ccc(OCCNC(=O)Cn2cc(S(N)(=O)=O)cn2)cc1. The zero-order chi connectivity index (χ0) is 17.6. The van der Waals surface area contributed by atoms with Crippen molar-refractivity contribution in [3.8, 4) is 11.5 Å². The number of hydrogen-bond acceptors (Lipinski definition) is 6. The molecule has 3 N–H and O–H groups in total. The molecule has 130 valence electrons. The van der Waals surface area contributed by atoms with E-state index in [4.69, 9.17) is 14.6 Å². The van der Waals surface area contributed by atoms with Gasteiger partial charge in [0.2, 0.25) is 15.9 Å². The van der Waals surface area contributed by atoms with Gasteiger partial charge in [-0.05, 0) is 24.3 Å². The van der Waals surface area contributed by atoms with Crippen LogP contribution in [0, 0.1) is 0 Å². The summed E-state index contributed by atoms with van der Waals surface area (Å²) in [7, 11) is -2.24. The minimum atomic E-state index is -3.82. The van der Waals surface area contributed by atoms with Gasteiger partial charge in [0.25, 0.3) is 0 Å². The normalized spacial score (nSPS) is 11.1. The van der Waals surface area contributed by atoms with Crippen LogP contribution in [0.2, 0.25) is 0 Å². The Labute approximate surface area is 139 Å². The number of ether oxygens (including phenoxy) is 2. The summed E-state index contributed by atoms with van der Waals surface area (Å²) in [5, 5.41) is 11.4. The number of aromatic nitrogens is 2. The van der Waals surface area contributed by atoms with Gasteiger partial charge in [-0.2, -0.15) is 5.10 Å². The summed E-state index contributed by atoms with van der Waals surface area (Å²) in [6.45, 7) is 0.478. The maximum atomic E-state index is 11.7. The van der Waals surface area contributed by atoms with Crippen LogP contribution < -0.4 is 19.9 Å². The zero-order valence-corrected chi connectivity index (χ0v) is 13.8. The molecule has 0 aliphatic rings. The van der Waals surface area contributed by atoms with Gasteiger partial charge in [-0.15, -0.1) is 0 Å². The summed E-state index contributed by atoms with van der Waals surface area (Å²) in [5.41, 5.74) is 0. The Morgan fingerprint density at radius 1 is 1.29 bits per heavy atom. The van der Waals surface area contributed by atoms with Crippen LogP contribution in [-0.2, 0) is 21.4 Å². The van der Waals surface area contributed by atoms with Crippen molar-refractivity contribution in [3.63, 3.8) is 0 Å². The van der Waals surface area contributed by atoms with Crippen LogP contribution in [0.4, 0.5) is 0 Å². The van der Waals surface area contributed by atoms with Crippen LogP contribution in [-0.4, -0.2) is 44.4 Å². The predicted molar refractivity (Wildman–Crippen MR) is 85.1 cm³/mol. The minimum absolute atomic E-state index is 0.113. The summed E-state index contributed by atoms with van der Waals surface area (Å²) >= 11 is 0. The van der Waals surface area contributed by atoms with E-state index >= 15 is 0 Å². The lowest BCUT2D eigenvalue weighted by atomic mass is 10.3. The number of nitrogens with one attached hydrogen (secondary N) is 1. The van der Waals surface area contributed by atoms with Crippen molar-refractivity contribution >= 4 is 15.9 Å². The van der Waals surface area contributed by atoms with E-state index in [9.17, 15) is 13.2 Å². The van der Waals surface area contributed by atoms with E-state index in [1.165, 1.54) is 10.9 Å². The zero-order valence-electron chi connectivity index (χ0n) is 13.0. The number of nitrogens with two attached hydrogens (primary N) is 1. The van der Waals surface area contributed by atoms with Gasteiger partial charge in [0.1, 0.15) is 29.5 Å². The molecule has 0 aliphatic heterocycles. The van der Waals surface area contributed by atoms with E-state index in [2.05, 4.69) is 10.4 Å². The van der Waals surface area contributed by atoms with Gasteiger partial charge in [-0.25, -0.2) is 13.6 Å². The van der Waals surface area contributed by atoms with E-state index in [1.54, 1.807) is 31.4 Å². The first kappa shape index (κ1) is 17.8. The second kappa shape index (κ2) is 7.79. The fourth-order valence-electron chi connectivity index (χ4n) is 1.81. The molecule has 0 atom stereocenters. The first-order valence-electron chi connectivity index (χ1n) is 6.97. The highest BCUT2D eigenvalue weighted by atomic mass is 32.2. The molecular formula is C14H18N4O5S. The largest absolute Gasteiger partial charge is 0.497 e. The Kier molecular flexibility index (Phi) is 5.77. The van der Waals surface area contributed by atoms with E-state index in [1.807, 2.05) is 0 Å². The minimum Gasteiger partial charge on any atom is -0.497 e. The van der Waals surface area contributed by atoms with Crippen LogP contribution in [0.5, 0.6) is 11.5 Å². The lowest BCUT2D eigenvalue weighted by Crippen LogP contribution is -2.31. The Bertz CT molecular complexity index is 786. The highest BCUT2D eigenvalue weighted by molar-refractivity contribution is 7.89. The highest BCUT2D eigenvalue weighted by Crippen LogP contribution is 2.16. The van der Waals surface area contributed by atoms with Crippen molar-refractivity contribution in [2.24, 2.45) is 5.14 Å². The third-order valence-corrected chi connectivity index (χ3v) is 3.86. The molecule has 1 amide bonds. The number of amides is 1. The number of rotatable bonds is 8. The molecule has 0 fully saturated rings. The smallest absolute Gasteiger partial charge is 0.241 e. The lowest BCUT2D eigenvalue weighted by Gasteiger charge is -2.08. The third-order valence-electron chi connectivity index (χ3n) is 3.00. The van der Waals surface area contributed by atoms with Crippen LogP contribution in [0.3, 0.4) is 0 Å². The predicted octanol–water partition coefficient (Wildman–Crippen LogP) is -0.266. The molecule has 9 nitrogen and oxygen atoms in total. The van der Waals surface area contributed by atoms with E-state index < -0.39 is 10.0 Å². The molecule has 24 heavy (non-hydrogen) atoms. The van der Waals surface area contributed by atoms with Crippen molar-refractivity contribution in [3.05, 3.63) is 36.7 Å². The average Bonchev–Trinajstić information content (AvgIpc) is 3.01. The molecule has 0 saturated carbocycles. The van der Waals surface area contributed by atoms with Crippen LogP contribution >= 0.6 is 0 Å². The summed E-state index contributed by atoms with van der Waals surface area (Å²) < 4.78 is 33.9. The van der Waals surface area contributed by atoms with Crippen LogP contribution in [0.25, 0.3) is 0 Å². The monoisotopic (exact) mass is 354 g/mol. The standard InChI is InChI=1S/C14H18N4O5S/c1-22-11-2-4-12(5-3-11)23-7-6-16-14(19)10-18-9-13(8-17-18)24(15,20)21/h2-5,8-9H,6-7,10H2,1H3,(H,16,19)(H2,15,20,21). The molecule has 10 heteroatoms. The number of nitrogens with zero attached hydrogens (tertiary/aromatic N) is 2. The van der Waals surface area contributed by atoms with E-state index in [0.29, 0.717) is 18.9 Å². The van der Waals surface area contributed by atoms with Gasteiger partial charge >= 0.3 is 0 Å². The van der Waals surface area contributed by atoms with Gasteiger partial charge in [-0.1, -0.05) is 0 Å². The van der Waals surface area contributed by atoms with E-state index in [0.717, 1.165) is 11.9 Å². The molecule has 0 radical (unpaired) electrons. The van der Waals surface area contributed by atoms with Crippen LogP contribution in [0.1, 0.15) is 0 Å². The number of carbonyl (C=O) groups excluding carboxylic acids is 1. The molecule has 0 saturated heterocycles. The van der Waals surface area contributed by atoms with Crippen molar-refractivity contribution in [2.75, 3.05) is 20.3 Å². The van der Waals surface area contributed by atoms with Crippen molar-refractivity contribution in [2.45, 2.75) is 11.4 Å². The number of carbonyl (C=O) groups is 1. The number of primary sulfonamides is 1. The molecule has 1 heterocycles. The third kappa shape index (κ3) is 5.25. The first-order valence-corrected chi connectivity index (χ1v) is 8.52. The molecule has 2 rings (SSSR count). The summed E-state index contributed by atoms with van der Waals surface area (Å²) in [6, 6.07) is 7.07. The maximum absolute atomic E-state index is 11.7. The summed E-state index contributed by atoms with van der Waals surface area (Å²) in [4.78, 5) is 11.6. The highest BCUT2D eigenvalue weighted by Gasteiger charge is 2.12. The quantitative estimate of drug-likeness (QED) is 0.629. The Balaban J connectivity index is 1.72. The number of methoxy groups -OCH3 is 1. The molecule has 1 aromatic heterocycles. The number of sulfonamides is 1. The molecule has 0 aliphatic carbocycles. The van der Waals surface area contributed by atoms with Gasteiger partial charge in [0.15, 0.2) is 0 Å². The Hall–Kier alpha value is -2.59. The molecular weight excluding hydrogens is 336 g/mol. The van der Waals surface area contributed by atoms with Crippen molar-refractivity contribution in [1.82, 2.24) is 15.1 Å². The average molecular weight is 354 g/mol. The number of benzene rings is 1. The fraction of sp³-hybridized carbons (Fsp3) is 0.286. The molecule has 0 unspecified atom stereocenters. The molecule has 1 aromatic carbocycles. The van der Waals surface area contributed by atoms with Crippen molar-refractivity contribution in [1.29, 1.82) is 0 Å². The van der Waals surface area contributed by atoms with Gasteiger partial charge in [0, 0.05) is 6.20 Å². The summed E-state index contributed by atoms with van der Waals surface area (Å²) in [6.07, 6.45) is 2.29. The molecule has 2 aromatic rings. The molecule has 0 spiro atoms. The summed E-state index contributed by atoms with van der Waals surface area (Å²) in [5.74, 6) is 1.07. The van der Waals surface area contributed by atoms with E-state index in [-0.39, 0.29) is 17.3 Å². The first-order chi connectivity index (χ1) is 11.4. The lowest BCUT2D eigenvalue weighted by molar-refractivity contribution is -0.121. The topological polar surface area (TPSA) is 126 Å². The van der Waals surface area contributed by atoms with Gasteiger partial charge < -0.3 is 14.8 Å². The Morgan fingerprint density at radius 2 is 1.96 bits per heavy atom. The maximum Gasteiger partial charge on any atom is 0.241 e. The van der Waals surface area contributed by atoms with Gasteiger partial charge in [-0.3, -0.25) is 9.48 Å². The second-order valence-electron chi connectivity index (χ2n) is 4.79. The van der Waals surface area contributed by atoms with Crippen molar-refractivity contribution < 1.29 is 22.7 Å². The second-order valence-corrected chi connectivity index (χ2v) is 6.35. The Morgan fingerprint density at radius 3 is 2.54 bits per heavy atom. The number of hydrogen-bond donors (Lipinski definition) is 2. The van der Waals surface area contributed by atoms with Crippen LogP contribution in [0.15, 0.2) is 41.6 Å².